The van der Waals surface area contributed by atoms with Crippen molar-refractivity contribution in [3.8, 4) is 5.75 Å². The van der Waals surface area contributed by atoms with Gasteiger partial charge < -0.3 is 10.1 Å². The quantitative estimate of drug-likeness (QED) is 0.856. The van der Waals surface area contributed by atoms with Crippen molar-refractivity contribution in [3.63, 3.8) is 0 Å². The molecular formula is C15H16F3NO2. The van der Waals surface area contributed by atoms with Gasteiger partial charge in [0.1, 0.15) is 0 Å². The normalized spacial score (nSPS) is 18.0. The molecule has 21 heavy (non-hydrogen) atoms. The highest BCUT2D eigenvalue weighted by atomic mass is 19.3. The van der Waals surface area contributed by atoms with Crippen LogP contribution in [0.1, 0.15) is 25.7 Å². The van der Waals surface area contributed by atoms with E-state index in [4.69, 9.17) is 4.74 Å². The molecule has 3 nitrogen and oxygen atoms in total. The van der Waals surface area contributed by atoms with Crippen molar-refractivity contribution >= 4 is 11.6 Å². The smallest absolute Gasteiger partial charge is 0.248 e. The maximum atomic E-state index is 13.9. The standard InChI is InChI=1S/C15H16F3NO2/c1-2-14(20)19-10-3-4-13(12(16)9-10)21-11-5-7-15(17,18)8-6-11/h2-4,9,11H,1,5-8H2,(H,19,20). The van der Waals surface area contributed by atoms with E-state index in [-0.39, 0.29) is 37.1 Å². The number of alkyl halides is 2. The van der Waals surface area contributed by atoms with Crippen LogP contribution in [-0.4, -0.2) is 17.9 Å². The fourth-order valence-corrected chi connectivity index (χ4v) is 2.18. The summed E-state index contributed by atoms with van der Waals surface area (Å²) in [6, 6.07) is 3.98. The van der Waals surface area contributed by atoms with Crippen LogP contribution in [0.25, 0.3) is 0 Å². The summed E-state index contributed by atoms with van der Waals surface area (Å²) in [7, 11) is 0. The number of nitrogens with one attached hydrogen (secondary N) is 1. The molecule has 0 saturated heterocycles. The number of carbonyl (C=O) groups excluding carboxylic acids is 1. The van der Waals surface area contributed by atoms with E-state index < -0.39 is 23.8 Å². The summed E-state index contributed by atoms with van der Waals surface area (Å²) >= 11 is 0. The molecule has 0 spiro atoms. The van der Waals surface area contributed by atoms with Crippen molar-refractivity contribution < 1.29 is 22.7 Å². The Balaban J connectivity index is 1.98. The molecule has 0 radical (unpaired) electrons. The molecule has 1 amide bonds. The molecule has 2 rings (SSSR count). The summed E-state index contributed by atoms with van der Waals surface area (Å²) < 4.78 is 45.3. The molecule has 0 heterocycles. The summed E-state index contributed by atoms with van der Waals surface area (Å²) in [5.74, 6) is -3.73. The molecule has 1 aliphatic carbocycles. The number of hydrogen-bond donors (Lipinski definition) is 1. The van der Waals surface area contributed by atoms with Crippen LogP contribution in [0, 0.1) is 5.82 Å². The first-order valence-electron chi connectivity index (χ1n) is 6.67. The Kier molecular flexibility index (Phi) is 4.55. The third-order valence-corrected chi connectivity index (χ3v) is 3.34. The first-order valence-corrected chi connectivity index (χ1v) is 6.67. The van der Waals surface area contributed by atoms with Crippen molar-refractivity contribution in [1.29, 1.82) is 0 Å². The van der Waals surface area contributed by atoms with Crippen molar-refractivity contribution in [1.82, 2.24) is 0 Å². The van der Waals surface area contributed by atoms with E-state index in [1.54, 1.807) is 0 Å². The number of ether oxygens (including phenoxy) is 1. The molecule has 1 aromatic rings. The highest BCUT2D eigenvalue weighted by molar-refractivity contribution is 5.98. The van der Waals surface area contributed by atoms with Gasteiger partial charge in [-0.25, -0.2) is 13.2 Å². The zero-order chi connectivity index (χ0) is 15.5. The molecule has 1 aliphatic rings. The maximum Gasteiger partial charge on any atom is 0.248 e. The fourth-order valence-electron chi connectivity index (χ4n) is 2.18. The van der Waals surface area contributed by atoms with E-state index in [1.165, 1.54) is 12.1 Å². The number of rotatable bonds is 4. The first-order chi connectivity index (χ1) is 9.89. The lowest BCUT2D eigenvalue weighted by Gasteiger charge is -2.28. The third kappa shape index (κ3) is 4.24. The minimum atomic E-state index is -2.64. The van der Waals surface area contributed by atoms with Gasteiger partial charge in [0.05, 0.1) is 6.10 Å². The van der Waals surface area contributed by atoms with Crippen molar-refractivity contribution in [2.24, 2.45) is 0 Å². The number of halogens is 3. The number of carbonyl (C=O) groups is 1. The van der Waals surface area contributed by atoms with E-state index >= 15 is 0 Å². The molecule has 1 fully saturated rings. The maximum absolute atomic E-state index is 13.9. The van der Waals surface area contributed by atoms with E-state index in [2.05, 4.69) is 11.9 Å². The summed E-state index contributed by atoms with van der Waals surface area (Å²) in [5, 5.41) is 2.42. The van der Waals surface area contributed by atoms with E-state index in [1.807, 2.05) is 0 Å². The van der Waals surface area contributed by atoms with Crippen LogP contribution in [0.15, 0.2) is 30.9 Å². The number of anilines is 1. The Bertz CT molecular complexity index is 536. The average Bonchev–Trinajstić information content (AvgIpc) is 2.43. The van der Waals surface area contributed by atoms with Gasteiger partial charge >= 0.3 is 0 Å². The van der Waals surface area contributed by atoms with Gasteiger partial charge in [-0.15, -0.1) is 0 Å². The fraction of sp³-hybridized carbons (Fsp3) is 0.400. The SMILES string of the molecule is C=CC(=O)Nc1ccc(OC2CCC(F)(F)CC2)c(F)c1. The molecule has 1 aromatic carbocycles. The molecule has 0 bridgehead atoms. The van der Waals surface area contributed by atoms with Crippen LogP contribution in [0.2, 0.25) is 0 Å². The van der Waals surface area contributed by atoms with Gasteiger partial charge in [0.2, 0.25) is 11.8 Å². The molecule has 6 heteroatoms. The summed E-state index contributed by atoms with van der Waals surface area (Å²) in [6.07, 6.45) is 0.569. The Morgan fingerprint density at radius 2 is 2.05 bits per heavy atom. The van der Waals surface area contributed by atoms with Gasteiger partial charge in [0.15, 0.2) is 11.6 Å². The molecule has 0 aliphatic heterocycles. The predicted octanol–water partition coefficient (Wildman–Crippen LogP) is 3.91. The van der Waals surface area contributed by atoms with E-state index in [0.29, 0.717) is 0 Å². The highest BCUT2D eigenvalue weighted by Crippen LogP contribution is 2.35. The minimum Gasteiger partial charge on any atom is -0.487 e. The molecule has 1 N–H and O–H groups in total. The third-order valence-electron chi connectivity index (χ3n) is 3.34. The largest absolute Gasteiger partial charge is 0.487 e. The van der Waals surface area contributed by atoms with Gasteiger partial charge in [-0.2, -0.15) is 0 Å². The molecular weight excluding hydrogens is 283 g/mol. The Labute approximate surface area is 120 Å². The molecule has 0 atom stereocenters. The number of amides is 1. The topological polar surface area (TPSA) is 38.3 Å². The monoisotopic (exact) mass is 299 g/mol. The predicted molar refractivity (Wildman–Crippen MR) is 73.1 cm³/mol. The van der Waals surface area contributed by atoms with Crippen LogP contribution >= 0.6 is 0 Å². The minimum absolute atomic E-state index is 0.00168. The van der Waals surface area contributed by atoms with Gasteiger partial charge in [-0.3, -0.25) is 4.79 Å². The second kappa shape index (κ2) is 6.20. The van der Waals surface area contributed by atoms with Crippen LogP contribution in [0.3, 0.4) is 0 Å². The average molecular weight is 299 g/mol. The van der Waals surface area contributed by atoms with Crippen LogP contribution < -0.4 is 10.1 Å². The lowest BCUT2D eigenvalue weighted by Crippen LogP contribution is -2.30. The van der Waals surface area contributed by atoms with Crippen molar-refractivity contribution in [2.45, 2.75) is 37.7 Å². The lowest BCUT2D eigenvalue weighted by molar-refractivity contribution is -0.111. The summed E-state index contributed by atoms with van der Waals surface area (Å²) in [5.41, 5.74) is 0.278. The molecule has 0 aromatic heterocycles. The Hall–Kier alpha value is -1.98. The number of benzene rings is 1. The highest BCUT2D eigenvalue weighted by Gasteiger charge is 2.35. The zero-order valence-corrected chi connectivity index (χ0v) is 11.4. The lowest BCUT2D eigenvalue weighted by atomic mass is 9.94. The Morgan fingerprint density at radius 3 is 2.62 bits per heavy atom. The van der Waals surface area contributed by atoms with Gasteiger partial charge in [0, 0.05) is 24.6 Å². The number of hydrogen-bond acceptors (Lipinski definition) is 2. The van der Waals surface area contributed by atoms with Crippen LogP contribution in [-0.2, 0) is 4.79 Å². The van der Waals surface area contributed by atoms with Crippen molar-refractivity contribution in [2.75, 3.05) is 5.32 Å². The molecule has 114 valence electrons. The van der Waals surface area contributed by atoms with E-state index in [0.717, 1.165) is 12.1 Å². The van der Waals surface area contributed by atoms with Gasteiger partial charge in [-0.1, -0.05) is 6.58 Å². The molecule has 0 unspecified atom stereocenters. The second-order valence-corrected chi connectivity index (χ2v) is 5.01. The summed E-state index contributed by atoms with van der Waals surface area (Å²) in [4.78, 5) is 11.1. The van der Waals surface area contributed by atoms with Gasteiger partial charge in [-0.05, 0) is 31.1 Å². The second-order valence-electron chi connectivity index (χ2n) is 5.01. The molecule has 1 saturated carbocycles. The van der Waals surface area contributed by atoms with Crippen LogP contribution in [0.4, 0.5) is 18.9 Å². The van der Waals surface area contributed by atoms with Gasteiger partial charge in [0.25, 0.3) is 0 Å². The van der Waals surface area contributed by atoms with Crippen LogP contribution in [0.5, 0.6) is 5.75 Å². The van der Waals surface area contributed by atoms with Crippen molar-refractivity contribution in [3.05, 3.63) is 36.7 Å². The summed E-state index contributed by atoms with van der Waals surface area (Å²) in [6.45, 7) is 3.29. The zero-order valence-electron chi connectivity index (χ0n) is 11.4. The van der Waals surface area contributed by atoms with E-state index in [9.17, 15) is 18.0 Å². The Morgan fingerprint density at radius 1 is 1.38 bits per heavy atom. The first kappa shape index (κ1) is 15.4.